The lowest BCUT2D eigenvalue weighted by Gasteiger charge is -2.13. The summed E-state index contributed by atoms with van der Waals surface area (Å²) in [4.78, 5) is 24.8. The summed E-state index contributed by atoms with van der Waals surface area (Å²) in [6.07, 6.45) is 0.222. The summed E-state index contributed by atoms with van der Waals surface area (Å²) in [5, 5.41) is 3.53. The average molecular weight is 443 g/mol. The molecule has 5 nitrogen and oxygen atoms in total. The summed E-state index contributed by atoms with van der Waals surface area (Å²) < 4.78 is 20.4. The Hall–Kier alpha value is -3.12. The van der Waals surface area contributed by atoms with E-state index >= 15 is 0 Å². The molecule has 0 unspecified atom stereocenters. The van der Waals surface area contributed by atoms with Gasteiger partial charge in [-0.15, -0.1) is 0 Å². The Morgan fingerprint density at radius 1 is 1.10 bits per heavy atom. The topological polar surface area (TPSA) is 60.3 Å². The van der Waals surface area contributed by atoms with Crippen molar-refractivity contribution in [2.45, 2.75) is 33.4 Å². The van der Waals surface area contributed by atoms with Gasteiger partial charge >= 0.3 is 5.97 Å². The molecule has 1 heterocycles. The fourth-order valence-electron chi connectivity index (χ4n) is 3.31. The van der Waals surface area contributed by atoms with Gasteiger partial charge in [0.05, 0.1) is 12.2 Å². The van der Waals surface area contributed by atoms with Gasteiger partial charge in [-0.2, -0.15) is 0 Å². The molecule has 1 amide bonds. The molecule has 0 aliphatic heterocycles. The molecule has 0 aliphatic carbocycles. The third-order valence-electron chi connectivity index (χ3n) is 4.97. The molecule has 0 fully saturated rings. The Balaban J connectivity index is 1.76. The van der Waals surface area contributed by atoms with Gasteiger partial charge in [0.2, 0.25) is 5.91 Å². The molecule has 0 radical (unpaired) electrons. The van der Waals surface area contributed by atoms with Crippen LogP contribution >= 0.6 is 11.6 Å². The average Bonchev–Trinajstić information content (AvgIpc) is 3.09. The smallest absolute Gasteiger partial charge is 0.339 e. The predicted octanol–water partition coefficient (Wildman–Crippen LogP) is 5.14. The number of carbonyl (C=O) groups excluding carboxylic acids is 2. The molecule has 1 aromatic heterocycles. The van der Waals surface area contributed by atoms with Crippen LogP contribution in [0.2, 0.25) is 5.02 Å². The molecule has 162 valence electrons. The quantitative estimate of drug-likeness (QED) is 0.491. The number of nitrogens with zero attached hydrogens (tertiary/aromatic N) is 1. The largest absolute Gasteiger partial charge is 0.462 e. The number of hydrogen-bond donors (Lipinski definition) is 1. The highest BCUT2D eigenvalue weighted by Gasteiger charge is 2.20. The second-order valence-electron chi connectivity index (χ2n) is 7.06. The van der Waals surface area contributed by atoms with Crippen LogP contribution in [0.4, 0.5) is 4.39 Å². The molecule has 0 spiro atoms. The normalized spacial score (nSPS) is 10.7. The predicted molar refractivity (Wildman–Crippen MR) is 118 cm³/mol. The molecule has 7 heteroatoms. The summed E-state index contributed by atoms with van der Waals surface area (Å²) in [6, 6.07) is 15.0. The SMILES string of the molecule is CCOC(=O)c1cc(-c2ccc(F)cc2)n(CCC(=O)NCc2ccc(Cl)cc2)c1C. The van der Waals surface area contributed by atoms with E-state index in [0.29, 0.717) is 29.4 Å². The van der Waals surface area contributed by atoms with E-state index < -0.39 is 5.97 Å². The van der Waals surface area contributed by atoms with Crippen molar-refractivity contribution in [2.24, 2.45) is 0 Å². The van der Waals surface area contributed by atoms with Crippen LogP contribution in [0.5, 0.6) is 0 Å². The van der Waals surface area contributed by atoms with Crippen LogP contribution in [0.1, 0.15) is 35.0 Å². The highest BCUT2D eigenvalue weighted by molar-refractivity contribution is 6.30. The van der Waals surface area contributed by atoms with Crippen molar-refractivity contribution in [1.29, 1.82) is 0 Å². The number of rotatable bonds is 8. The van der Waals surface area contributed by atoms with E-state index in [1.807, 2.05) is 23.6 Å². The van der Waals surface area contributed by atoms with E-state index in [9.17, 15) is 14.0 Å². The third-order valence-corrected chi connectivity index (χ3v) is 5.22. The monoisotopic (exact) mass is 442 g/mol. The van der Waals surface area contributed by atoms with Crippen molar-refractivity contribution in [3.63, 3.8) is 0 Å². The van der Waals surface area contributed by atoms with Crippen molar-refractivity contribution in [3.8, 4) is 11.3 Å². The van der Waals surface area contributed by atoms with Crippen molar-refractivity contribution in [1.82, 2.24) is 9.88 Å². The van der Waals surface area contributed by atoms with Crippen molar-refractivity contribution >= 4 is 23.5 Å². The maximum atomic E-state index is 13.4. The second kappa shape index (κ2) is 10.3. The van der Waals surface area contributed by atoms with Crippen LogP contribution in [-0.2, 0) is 22.6 Å². The minimum absolute atomic E-state index is 0.120. The van der Waals surface area contributed by atoms with Gasteiger partial charge in [0.1, 0.15) is 5.82 Å². The molecular formula is C24H24ClFN2O3. The van der Waals surface area contributed by atoms with Crippen molar-refractivity contribution in [3.05, 3.63) is 82.3 Å². The lowest BCUT2D eigenvalue weighted by Crippen LogP contribution is -2.24. The van der Waals surface area contributed by atoms with Crippen LogP contribution in [0.3, 0.4) is 0 Å². The van der Waals surface area contributed by atoms with Crippen molar-refractivity contribution < 1.29 is 18.7 Å². The van der Waals surface area contributed by atoms with E-state index in [2.05, 4.69) is 5.32 Å². The number of hydrogen-bond acceptors (Lipinski definition) is 3. The molecule has 0 aliphatic rings. The molecule has 1 N–H and O–H groups in total. The van der Waals surface area contributed by atoms with Crippen LogP contribution < -0.4 is 5.32 Å². The van der Waals surface area contributed by atoms with E-state index in [1.165, 1.54) is 12.1 Å². The first kappa shape index (κ1) is 22.6. The maximum absolute atomic E-state index is 13.4. The zero-order chi connectivity index (χ0) is 22.4. The minimum atomic E-state index is -0.422. The Morgan fingerprint density at radius 3 is 2.42 bits per heavy atom. The molecule has 3 aromatic rings. The number of nitrogens with one attached hydrogen (secondary N) is 1. The standard InChI is InChI=1S/C24H24ClFN2O3/c1-3-31-24(30)21-14-22(18-6-10-20(26)11-7-18)28(16(21)2)13-12-23(29)27-15-17-4-8-19(25)9-5-17/h4-11,14H,3,12-13,15H2,1-2H3,(H,27,29). The van der Waals surface area contributed by atoms with Crippen LogP contribution in [0.15, 0.2) is 54.6 Å². The number of benzene rings is 2. The van der Waals surface area contributed by atoms with Gasteiger partial charge in [-0.1, -0.05) is 23.7 Å². The van der Waals surface area contributed by atoms with Gasteiger partial charge in [-0.25, -0.2) is 9.18 Å². The number of carbonyl (C=O) groups is 2. The number of halogens is 2. The number of aromatic nitrogens is 1. The molecule has 0 bridgehead atoms. The van der Waals surface area contributed by atoms with Gasteiger partial charge in [0.15, 0.2) is 0 Å². The highest BCUT2D eigenvalue weighted by Crippen LogP contribution is 2.27. The summed E-state index contributed by atoms with van der Waals surface area (Å²) in [5.41, 5.74) is 3.56. The summed E-state index contributed by atoms with van der Waals surface area (Å²) in [6.45, 7) is 4.59. The Bertz CT molecular complexity index is 1060. The first-order chi connectivity index (χ1) is 14.9. The Morgan fingerprint density at radius 2 is 1.77 bits per heavy atom. The molecule has 3 rings (SSSR count). The zero-order valence-corrected chi connectivity index (χ0v) is 18.2. The fourth-order valence-corrected chi connectivity index (χ4v) is 3.44. The molecule has 0 atom stereocenters. The Labute approximate surface area is 185 Å². The highest BCUT2D eigenvalue weighted by atomic mass is 35.5. The van der Waals surface area contributed by atoms with Crippen LogP contribution in [-0.4, -0.2) is 23.1 Å². The number of esters is 1. The molecule has 0 saturated carbocycles. The van der Waals surface area contributed by atoms with E-state index in [4.69, 9.17) is 16.3 Å². The molecule has 2 aromatic carbocycles. The van der Waals surface area contributed by atoms with Crippen LogP contribution in [0, 0.1) is 12.7 Å². The van der Waals surface area contributed by atoms with E-state index in [1.54, 1.807) is 37.3 Å². The van der Waals surface area contributed by atoms with Gasteiger partial charge in [0.25, 0.3) is 0 Å². The fraction of sp³-hybridized carbons (Fsp3) is 0.250. The van der Waals surface area contributed by atoms with Gasteiger partial charge < -0.3 is 14.6 Å². The van der Waals surface area contributed by atoms with Gasteiger partial charge in [0, 0.05) is 35.9 Å². The Kier molecular flexibility index (Phi) is 7.47. The van der Waals surface area contributed by atoms with Gasteiger partial charge in [-0.3, -0.25) is 4.79 Å². The molecule has 0 saturated heterocycles. The third kappa shape index (κ3) is 5.73. The molecule has 31 heavy (non-hydrogen) atoms. The maximum Gasteiger partial charge on any atom is 0.339 e. The molecular weight excluding hydrogens is 419 g/mol. The zero-order valence-electron chi connectivity index (χ0n) is 17.5. The van der Waals surface area contributed by atoms with E-state index in [-0.39, 0.29) is 24.8 Å². The number of ether oxygens (including phenoxy) is 1. The minimum Gasteiger partial charge on any atom is -0.462 e. The van der Waals surface area contributed by atoms with Crippen LogP contribution in [0.25, 0.3) is 11.3 Å². The second-order valence-corrected chi connectivity index (χ2v) is 7.50. The first-order valence-corrected chi connectivity index (χ1v) is 10.4. The van der Waals surface area contributed by atoms with Gasteiger partial charge in [-0.05, 0) is 67.4 Å². The lowest BCUT2D eigenvalue weighted by molar-refractivity contribution is -0.121. The first-order valence-electron chi connectivity index (χ1n) is 10.0. The summed E-state index contributed by atoms with van der Waals surface area (Å²) in [5.74, 6) is -0.883. The van der Waals surface area contributed by atoms with Crippen molar-refractivity contribution in [2.75, 3.05) is 6.61 Å². The summed E-state index contributed by atoms with van der Waals surface area (Å²) in [7, 11) is 0. The number of amides is 1. The summed E-state index contributed by atoms with van der Waals surface area (Å²) >= 11 is 5.88. The lowest BCUT2D eigenvalue weighted by atomic mass is 10.1. The van der Waals surface area contributed by atoms with E-state index in [0.717, 1.165) is 16.8 Å².